The minimum atomic E-state index is -0.0732. The number of esters is 1. The average Bonchev–Trinajstić information content (AvgIpc) is 2.30. The van der Waals surface area contributed by atoms with Crippen molar-refractivity contribution in [1.82, 2.24) is 0 Å². The van der Waals surface area contributed by atoms with Crippen LogP contribution in [0.2, 0.25) is 0 Å². The SMILES string of the molecule is CCOC(=O)C(CC)Cc1cc(C)ccc1C. The van der Waals surface area contributed by atoms with Crippen molar-refractivity contribution in [2.24, 2.45) is 5.92 Å². The summed E-state index contributed by atoms with van der Waals surface area (Å²) in [6.45, 7) is 8.51. The third-order valence-electron chi connectivity index (χ3n) is 3.08. The first-order chi connectivity index (χ1) is 8.08. The average molecular weight is 234 g/mol. The van der Waals surface area contributed by atoms with E-state index in [4.69, 9.17) is 4.74 Å². The number of carbonyl (C=O) groups is 1. The van der Waals surface area contributed by atoms with E-state index in [1.54, 1.807) is 0 Å². The maximum absolute atomic E-state index is 11.8. The molecule has 17 heavy (non-hydrogen) atoms. The van der Waals surface area contributed by atoms with E-state index in [2.05, 4.69) is 32.0 Å². The highest BCUT2D eigenvalue weighted by atomic mass is 16.5. The summed E-state index contributed by atoms with van der Waals surface area (Å²) >= 11 is 0. The third-order valence-corrected chi connectivity index (χ3v) is 3.08. The predicted molar refractivity (Wildman–Crippen MR) is 70.0 cm³/mol. The van der Waals surface area contributed by atoms with Gasteiger partial charge in [0.25, 0.3) is 0 Å². The monoisotopic (exact) mass is 234 g/mol. The number of rotatable bonds is 5. The molecule has 1 rings (SSSR count). The smallest absolute Gasteiger partial charge is 0.309 e. The van der Waals surface area contributed by atoms with Crippen molar-refractivity contribution >= 4 is 5.97 Å². The van der Waals surface area contributed by atoms with Crippen LogP contribution in [0.1, 0.15) is 37.0 Å². The molecule has 0 aromatic heterocycles. The maximum atomic E-state index is 11.8. The fourth-order valence-corrected chi connectivity index (χ4v) is 1.94. The molecule has 1 atom stereocenters. The summed E-state index contributed by atoms with van der Waals surface area (Å²) in [4.78, 5) is 11.8. The number of aryl methyl sites for hydroxylation is 2. The molecule has 0 fully saturated rings. The molecule has 0 N–H and O–H groups in total. The molecule has 2 heteroatoms. The number of carbonyl (C=O) groups excluding carboxylic acids is 1. The largest absolute Gasteiger partial charge is 0.466 e. The van der Waals surface area contributed by atoms with Crippen molar-refractivity contribution in [1.29, 1.82) is 0 Å². The standard InChI is InChI=1S/C15H22O2/c1-5-13(15(16)17-6-2)10-14-9-11(3)7-8-12(14)4/h7-9,13H,5-6,10H2,1-4H3. The van der Waals surface area contributed by atoms with Gasteiger partial charge < -0.3 is 4.74 Å². The first-order valence-electron chi connectivity index (χ1n) is 6.31. The molecule has 1 unspecified atom stereocenters. The van der Waals surface area contributed by atoms with Gasteiger partial charge in [-0.1, -0.05) is 30.7 Å². The van der Waals surface area contributed by atoms with Gasteiger partial charge in [-0.05, 0) is 44.7 Å². The van der Waals surface area contributed by atoms with Crippen molar-refractivity contribution < 1.29 is 9.53 Å². The molecule has 2 nitrogen and oxygen atoms in total. The molecule has 0 heterocycles. The predicted octanol–water partition coefficient (Wildman–Crippen LogP) is 3.44. The Bertz CT molecular complexity index is 383. The Balaban J connectivity index is 2.80. The van der Waals surface area contributed by atoms with Crippen molar-refractivity contribution in [2.45, 2.75) is 40.5 Å². The van der Waals surface area contributed by atoms with Gasteiger partial charge in [0.05, 0.1) is 12.5 Å². The van der Waals surface area contributed by atoms with E-state index in [1.165, 1.54) is 16.7 Å². The summed E-state index contributed by atoms with van der Waals surface area (Å²) < 4.78 is 5.10. The van der Waals surface area contributed by atoms with Gasteiger partial charge in [0.2, 0.25) is 0 Å². The highest BCUT2D eigenvalue weighted by molar-refractivity contribution is 5.72. The molecule has 0 aliphatic rings. The molecule has 1 aromatic rings. The Hall–Kier alpha value is -1.31. The van der Waals surface area contributed by atoms with Gasteiger partial charge in [0.1, 0.15) is 0 Å². The zero-order valence-electron chi connectivity index (χ0n) is 11.2. The van der Waals surface area contributed by atoms with Crippen LogP contribution in [0.5, 0.6) is 0 Å². The van der Waals surface area contributed by atoms with Gasteiger partial charge in [-0.2, -0.15) is 0 Å². The molecule has 0 bridgehead atoms. The van der Waals surface area contributed by atoms with E-state index in [0.717, 1.165) is 12.8 Å². The van der Waals surface area contributed by atoms with Crippen LogP contribution < -0.4 is 0 Å². The summed E-state index contributed by atoms with van der Waals surface area (Å²) in [5.41, 5.74) is 3.74. The van der Waals surface area contributed by atoms with Gasteiger partial charge in [-0.15, -0.1) is 0 Å². The van der Waals surface area contributed by atoms with E-state index in [-0.39, 0.29) is 11.9 Å². The van der Waals surface area contributed by atoms with E-state index in [9.17, 15) is 4.79 Å². The second-order valence-corrected chi connectivity index (χ2v) is 4.49. The number of hydrogen-bond acceptors (Lipinski definition) is 2. The fraction of sp³-hybridized carbons (Fsp3) is 0.533. The Morgan fingerprint density at radius 3 is 2.59 bits per heavy atom. The molecule has 0 radical (unpaired) electrons. The van der Waals surface area contributed by atoms with Crippen molar-refractivity contribution in [2.75, 3.05) is 6.61 Å². The summed E-state index contributed by atoms with van der Waals surface area (Å²) in [6.07, 6.45) is 1.61. The molecule has 94 valence electrons. The number of benzene rings is 1. The van der Waals surface area contributed by atoms with Gasteiger partial charge >= 0.3 is 5.97 Å². The highest BCUT2D eigenvalue weighted by Gasteiger charge is 2.18. The van der Waals surface area contributed by atoms with Crippen LogP contribution in [-0.2, 0) is 16.0 Å². The van der Waals surface area contributed by atoms with E-state index >= 15 is 0 Å². The van der Waals surface area contributed by atoms with Crippen LogP contribution in [-0.4, -0.2) is 12.6 Å². The first kappa shape index (κ1) is 13.8. The van der Waals surface area contributed by atoms with Crippen molar-refractivity contribution in [3.05, 3.63) is 34.9 Å². The molecule has 0 amide bonds. The Labute approximate surface area is 104 Å². The molecule has 1 aromatic carbocycles. The third kappa shape index (κ3) is 3.88. The normalized spacial score (nSPS) is 12.2. The van der Waals surface area contributed by atoms with Crippen LogP contribution in [0.15, 0.2) is 18.2 Å². The lowest BCUT2D eigenvalue weighted by molar-refractivity contribution is -0.148. The molecular formula is C15H22O2. The summed E-state index contributed by atoms with van der Waals surface area (Å²) in [5, 5.41) is 0. The molecule has 0 saturated heterocycles. The molecule has 0 spiro atoms. The topological polar surface area (TPSA) is 26.3 Å². The highest BCUT2D eigenvalue weighted by Crippen LogP contribution is 2.18. The summed E-state index contributed by atoms with van der Waals surface area (Å²) in [6, 6.07) is 6.38. The summed E-state index contributed by atoms with van der Waals surface area (Å²) in [5.74, 6) is -0.0913. The number of ether oxygens (including phenoxy) is 1. The zero-order chi connectivity index (χ0) is 12.8. The lowest BCUT2D eigenvalue weighted by Gasteiger charge is -2.15. The van der Waals surface area contributed by atoms with E-state index in [1.807, 2.05) is 13.8 Å². The van der Waals surface area contributed by atoms with E-state index in [0.29, 0.717) is 6.61 Å². The van der Waals surface area contributed by atoms with Gasteiger partial charge in [-0.25, -0.2) is 0 Å². The van der Waals surface area contributed by atoms with E-state index < -0.39 is 0 Å². The molecule has 0 aliphatic heterocycles. The van der Waals surface area contributed by atoms with Gasteiger partial charge in [0.15, 0.2) is 0 Å². The van der Waals surface area contributed by atoms with Crippen LogP contribution >= 0.6 is 0 Å². The van der Waals surface area contributed by atoms with Gasteiger partial charge in [-0.3, -0.25) is 4.79 Å². The zero-order valence-corrected chi connectivity index (χ0v) is 11.2. The molecule has 0 saturated carbocycles. The second-order valence-electron chi connectivity index (χ2n) is 4.49. The Morgan fingerprint density at radius 1 is 1.29 bits per heavy atom. The Kier molecular flexibility index (Phi) is 5.20. The minimum absolute atomic E-state index is 0.0181. The second kappa shape index (κ2) is 6.43. The van der Waals surface area contributed by atoms with Gasteiger partial charge in [0, 0.05) is 0 Å². The van der Waals surface area contributed by atoms with Crippen LogP contribution in [0.3, 0.4) is 0 Å². The maximum Gasteiger partial charge on any atom is 0.309 e. The fourth-order valence-electron chi connectivity index (χ4n) is 1.94. The van der Waals surface area contributed by atoms with Crippen molar-refractivity contribution in [3.63, 3.8) is 0 Å². The lowest BCUT2D eigenvalue weighted by Crippen LogP contribution is -2.19. The quantitative estimate of drug-likeness (QED) is 0.729. The van der Waals surface area contributed by atoms with Crippen LogP contribution in [0, 0.1) is 19.8 Å². The summed E-state index contributed by atoms with van der Waals surface area (Å²) in [7, 11) is 0. The molecule has 0 aliphatic carbocycles. The van der Waals surface area contributed by atoms with Crippen molar-refractivity contribution in [3.8, 4) is 0 Å². The van der Waals surface area contributed by atoms with Crippen LogP contribution in [0.25, 0.3) is 0 Å². The number of hydrogen-bond donors (Lipinski definition) is 0. The Morgan fingerprint density at radius 2 is 2.00 bits per heavy atom. The minimum Gasteiger partial charge on any atom is -0.466 e. The molecular weight excluding hydrogens is 212 g/mol. The first-order valence-corrected chi connectivity index (χ1v) is 6.31. The lowest BCUT2D eigenvalue weighted by atomic mass is 9.93. The van der Waals surface area contributed by atoms with Crippen LogP contribution in [0.4, 0.5) is 0 Å².